The van der Waals surface area contributed by atoms with E-state index in [1.807, 2.05) is 23.0 Å². The van der Waals surface area contributed by atoms with Crippen molar-refractivity contribution in [3.8, 4) is 5.69 Å². The van der Waals surface area contributed by atoms with Gasteiger partial charge in [0.05, 0.1) is 24.4 Å². The van der Waals surface area contributed by atoms with Gasteiger partial charge in [0.15, 0.2) is 0 Å². The van der Waals surface area contributed by atoms with Crippen molar-refractivity contribution in [1.29, 1.82) is 0 Å². The van der Waals surface area contributed by atoms with Gasteiger partial charge in [0, 0.05) is 31.1 Å². The van der Waals surface area contributed by atoms with Gasteiger partial charge in [0.1, 0.15) is 0 Å². The van der Waals surface area contributed by atoms with E-state index in [0.717, 1.165) is 28.8 Å². The highest BCUT2D eigenvalue weighted by Gasteiger charge is 2.38. The maximum absolute atomic E-state index is 13.1. The molecule has 3 heterocycles. The summed E-state index contributed by atoms with van der Waals surface area (Å²) in [7, 11) is 0. The third-order valence-electron chi connectivity index (χ3n) is 6.18. The molecule has 6 nitrogen and oxygen atoms in total. The molecular formula is C24H25N3O3. The fraction of sp³-hybridized carbons (Fsp3) is 0.333. The molecule has 2 atom stereocenters. The molecule has 0 bridgehead atoms. The molecule has 2 aromatic carbocycles. The second kappa shape index (κ2) is 7.70. The van der Waals surface area contributed by atoms with Crippen LogP contribution >= 0.6 is 0 Å². The van der Waals surface area contributed by atoms with Crippen LogP contribution in [0.25, 0.3) is 5.69 Å². The maximum Gasteiger partial charge on any atom is 0.254 e. The Morgan fingerprint density at radius 3 is 2.80 bits per heavy atom. The summed E-state index contributed by atoms with van der Waals surface area (Å²) in [5.74, 6) is -0.00479. The highest BCUT2D eigenvalue weighted by atomic mass is 16.5. The molecule has 1 aromatic heterocycles. The Morgan fingerprint density at radius 2 is 2.07 bits per heavy atom. The Bertz CT molecular complexity index is 1060. The Hall–Kier alpha value is -2.96. The first-order chi connectivity index (χ1) is 14.6. The average molecular weight is 403 g/mol. The smallest absolute Gasteiger partial charge is 0.254 e. The molecule has 2 aliphatic rings. The van der Waals surface area contributed by atoms with E-state index in [0.29, 0.717) is 26.2 Å². The topological polar surface area (TPSA) is 67.6 Å². The van der Waals surface area contributed by atoms with Crippen LogP contribution in [0.4, 0.5) is 0 Å². The molecule has 2 aliphatic heterocycles. The number of aliphatic hydroxyl groups is 1. The first-order valence-corrected chi connectivity index (χ1v) is 10.4. The summed E-state index contributed by atoms with van der Waals surface area (Å²) in [5.41, 5.74) is 6.33. The highest BCUT2D eigenvalue weighted by Crippen LogP contribution is 2.30. The minimum atomic E-state index is -0.522. The molecule has 154 valence electrons. The summed E-state index contributed by atoms with van der Waals surface area (Å²) < 4.78 is 7.35. The van der Waals surface area contributed by atoms with Gasteiger partial charge < -0.3 is 14.7 Å². The van der Waals surface area contributed by atoms with Crippen molar-refractivity contribution in [3.63, 3.8) is 0 Å². The Balaban J connectivity index is 1.37. The van der Waals surface area contributed by atoms with Gasteiger partial charge in [-0.25, -0.2) is 4.68 Å². The molecule has 0 radical (unpaired) electrons. The molecule has 6 heteroatoms. The summed E-state index contributed by atoms with van der Waals surface area (Å²) >= 11 is 0. The number of fused-ring (bicyclic) bond motifs is 1. The van der Waals surface area contributed by atoms with E-state index < -0.39 is 6.10 Å². The summed E-state index contributed by atoms with van der Waals surface area (Å²) in [4.78, 5) is 14.9. The normalized spacial score (nSPS) is 21.1. The van der Waals surface area contributed by atoms with E-state index in [4.69, 9.17) is 4.74 Å². The monoisotopic (exact) mass is 403 g/mol. The minimum absolute atomic E-state index is 0.00479. The van der Waals surface area contributed by atoms with Crippen LogP contribution < -0.4 is 0 Å². The van der Waals surface area contributed by atoms with Gasteiger partial charge in [-0.15, -0.1) is 0 Å². The number of aliphatic hydroxyl groups excluding tert-OH is 1. The van der Waals surface area contributed by atoms with Crippen LogP contribution in [0.2, 0.25) is 0 Å². The summed E-state index contributed by atoms with van der Waals surface area (Å²) in [6, 6.07) is 14.1. The van der Waals surface area contributed by atoms with E-state index >= 15 is 0 Å². The lowest BCUT2D eigenvalue weighted by atomic mass is 9.95. The summed E-state index contributed by atoms with van der Waals surface area (Å²) in [5, 5.41) is 14.6. The summed E-state index contributed by atoms with van der Waals surface area (Å²) in [6.45, 7) is 3.59. The fourth-order valence-electron chi connectivity index (χ4n) is 4.43. The number of hydrogen-bond donors (Lipinski definition) is 1. The van der Waals surface area contributed by atoms with Gasteiger partial charge in [-0.1, -0.05) is 18.2 Å². The van der Waals surface area contributed by atoms with Gasteiger partial charge >= 0.3 is 0 Å². The molecule has 0 spiro atoms. The molecule has 1 amide bonds. The number of carbonyl (C=O) groups excluding carboxylic acids is 1. The number of hydrogen-bond acceptors (Lipinski definition) is 4. The van der Waals surface area contributed by atoms with E-state index in [1.54, 1.807) is 11.1 Å². The van der Waals surface area contributed by atoms with Gasteiger partial charge in [-0.3, -0.25) is 4.79 Å². The Kier molecular flexibility index (Phi) is 4.89. The van der Waals surface area contributed by atoms with Crippen LogP contribution in [0.15, 0.2) is 54.9 Å². The number of aromatic nitrogens is 2. The maximum atomic E-state index is 13.1. The van der Waals surface area contributed by atoms with Crippen LogP contribution in [0.1, 0.15) is 39.0 Å². The highest BCUT2D eigenvalue weighted by molar-refractivity contribution is 5.99. The van der Waals surface area contributed by atoms with Crippen LogP contribution in [-0.2, 0) is 17.7 Å². The summed E-state index contributed by atoms with van der Waals surface area (Å²) in [6.07, 6.45) is 4.50. The number of ether oxygens (including phenoxy) is 1. The van der Waals surface area contributed by atoms with Gasteiger partial charge in [-0.05, 0) is 66.3 Å². The number of benzene rings is 2. The molecule has 0 saturated carbocycles. The third kappa shape index (κ3) is 3.42. The third-order valence-corrected chi connectivity index (χ3v) is 6.18. The van der Waals surface area contributed by atoms with Crippen molar-refractivity contribution in [2.75, 3.05) is 13.2 Å². The lowest BCUT2D eigenvalue weighted by Crippen LogP contribution is -2.49. The molecule has 1 saturated heterocycles. The van der Waals surface area contributed by atoms with Crippen molar-refractivity contribution >= 4 is 5.91 Å². The predicted octanol–water partition coefficient (Wildman–Crippen LogP) is 2.88. The second-order valence-corrected chi connectivity index (χ2v) is 8.16. The van der Waals surface area contributed by atoms with Crippen molar-refractivity contribution in [2.24, 2.45) is 0 Å². The zero-order valence-corrected chi connectivity index (χ0v) is 17.0. The van der Waals surface area contributed by atoms with Crippen LogP contribution in [-0.4, -0.2) is 51.1 Å². The fourth-order valence-corrected chi connectivity index (χ4v) is 4.43. The number of nitrogens with zero attached hydrogens (tertiary/aromatic N) is 3. The molecule has 30 heavy (non-hydrogen) atoms. The van der Waals surface area contributed by atoms with Crippen LogP contribution in [0, 0.1) is 6.92 Å². The van der Waals surface area contributed by atoms with Crippen molar-refractivity contribution in [2.45, 2.75) is 38.5 Å². The van der Waals surface area contributed by atoms with E-state index in [-0.39, 0.29) is 11.9 Å². The molecule has 3 aromatic rings. The number of amides is 1. The molecule has 1 N–H and O–H groups in total. The molecule has 0 unspecified atom stereocenters. The molecule has 1 fully saturated rings. The predicted molar refractivity (Wildman–Crippen MR) is 113 cm³/mol. The van der Waals surface area contributed by atoms with Gasteiger partial charge in [0.25, 0.3) is 5.91 Å². The lowest BCUT2D eigenvalue weighted by molar-refractivity contribution is -0.0528. The zero-order valence-electron chi connectivity index (χ0n) is 17.0. The second-order valence-electron chi connectivity index (χ2n) is 8.16. The first kappa shape index (κ1) is 19.0. The molecule has 5 rings (SSSR count). The van der Waals surface area contributed by atoms with E-state index in [9.17, 15) is 9.90 Å². The standard InChI is InChI=1S/C24H25N3O3/c1-16-11-19-14-26(22-15-30-10-7-23(22)28)24(29)21(19)13-18(16)12-17-3-5-20(6-4-17)27-9-2-8-25-27/h2-6,8-9,11,13,22-23,28H,7,10,12,14-15H2,1H3/t22-,23-/m1/s1. The van der Waals surface area contributed by atoms with Crippen LogP contribution in [0.3, 0.4) is 0 Å². The van der Waals surface area contributed by atoms with E-state index in [2.05, 4.69) is 42.4 Å². The number of rotatable bonds is 4. The average Bonchev–Trinajstić information content (AvgIpc) is 3.39. The van der Waals surface area contributed by atoms with Crippen molar-refractivity contribution in [3.05, 3.63) is 82.7 Å². The van der Waals surface area contributed by atoms with Crippen molar-refractivity contribution in [1.82, 2.24) is 14.7 Å². The van der Waals surface area contributed by atoms with Gasteiger partial charge in [0.2, 0.25) is 0 Å². The lowest BCUT2D eigenvalue weighted by Gasteiger charge is -2.34. The van der Waals surface area contributed by atoms with Gasteiger partial charge in [-0.2, -0.15) is 5.10 Å². The minimum Gasteiger partial charge on any atom is -0.391 e. The molecular weight excluding hydrogens is 378 g/mol. The first-order valence-electron chi connectivity index (χ1n) is 10.4. The Morgan fingerprint density at radius 1 is 1.23 bits per heavy atom. The van der Waals surface area contributed by atoms with Crippen LogP contribution in [0.5, 0.6) is 0 Å². The number of carbonyl (C=O) groups is 1. The largest absolute Gasteiger partial charge is 0.391 e. The molecule has 0 aliphatic carbocycles. The van der Waals surface area contributed by atoms with E-state index in [1.165, 1.54) is 11.1 Å². The Labute approximate surface area is 175 Å². The quantitative estimate of drug-likeness (QED) is 0.727. The SMILES string of the molecule is Cc1cc2c(cc1Cc1ccc(-n3cccn3)cc1)C(=O)N([C@@H]1COCC[C@H]1O)C2. The number of aryl methyl sites for hydroxylation is 1. The zero-order chi connectivity index (χ0) is 20.7. The van der Waals surface area contributed by atoms with Crippen molar-refractivity contribution < 1.29 is 14.6 Å².